The summed E-state index contributed by atoms with van der Waals surface area (Å²) in [6, 6.07) is 10.8. The molecule has 0 N–H and O–H groups in total. The van der Waals surface area contributed by atoms with Crippen molar-refractivity contribution in [1.29, 1.82) is 0 Å². The number of rotatable bonds is 3. The van der Waals surface area contributed by atoms with Crippen LogP contribution in [-0.2, 0) is 16.3 Å². The first-order valence-electron chi connectivity index (χ1n) is 5.46. The van der Waals surface area contributed by atoms with Crippen molar-refractivity contribution in [2.24, 2.45) is 0 Å². The summed E-state index contributed by atoms with van der Waals surface area (Å²) < 4.78 is 65.5. The fourth-order valence-electron chi connectivity index (χ4n) is 1.46. The number of hydrogen-bond donors (Lipinski definition) is 0. The second-order valence-corrected chi connectivity index (χ2v) is 5.42. The summed E-state index contributed by atoms with van der Waals surface area (Å²) in [5, 5.41) is 0. The molecule has 20 heavy (non-hydrogen) atoms. The Morgan fingerprint density at radius 2 is 1.40 bits per heavy atom. The van der Waals surface area contributed by atoms with E-state index in [-0.39, 0.29) is 10.6 Å². The maximum atomic E-state index is 12.4. The monoisotopic (exact) mass is 302 g/mol. The van der Waals surface area contributed by atoms with Crippen LogP contribution in [0.5, 0.6) is 5.75 Å². The summed E-state index contributed by atoms with van der Waals surface area (Å²) in [5.74, 6) is -0.179. The summed E-state index contributed by atoms with van der Waals surface area (Å²) >= 11 is 0. The van der Waals surface area contributed by atoms with Crippen molar-refractivity contribution in [3.63, 3.8) is 0 Å². The fraction of sp³-hybridized carbons (Fsp3) is 0.0769. The lowest BCUT2D eigenvalue weighted by Gasteiger charge is -2.09. The summed E-state index contributed by atoms with van der Waals surface area (Å²) in [6.45, 7) is 0. The van der Waals surface area contributed by atoms with Crippen molar-refractivity contribution in [3.8, 4) is 5.75 Å². The molecule has 0 fully saturated rings. The lowest BCUT2D eigenvalue weighted by atomic mass is 10.2. The Morgan fingerprint density at radius 1 is 0.850 bits per heavy atom. The molecule has 7 heteroatoms. The van der Waals surface area contributed by atoms with Crippen LogP contribution in [0.2, 0.25) is 0 Å². The Morgan fingerprint density at radius 3 is 1.90 bits per heavy atom. The Balaban J connectivity index is 2.23. The molecule has 0 saturated carbocycles. The van der Waals surface area contributed by atoms with E-state index in [4.69, 9.17) is 4.18 Å². The van der Waals surface area contributed by atoms with Gasteiger partial charge in [-0.05, 0) is 36.4 Å². The van der Waals surface area contributed by atoms with E-state index in [1.807, 2.05) is 0 Å². The molecule has 0 unspecified atom stereocenters. The average molecular weight is 302 g/mol. The standard InChI is InChI=1S/C13H9F3O3S/c14-13(15,16)10-6-8-11(9-7-10)19-20(17,18)12-4-2-1-3-5-12/h1-9H. The second-order valence-electron chi connectivity index (χ2n) is 3.87. The van der Waals surface area contributed by atoms with E-state index in [0.717, 1.165) is 24.3 Å². The number of benzene rings is 2. The molecule has 3 nitrogen and oxygen atoms in total. The van der Waals surface area contributed by atoms with E-state index in [1.54, 1.807) is 6.07 Å². The van der Waals surface area contributed by atoms with E-state index in [1.165, 1.54) is 24.3 Å². The number of halogens is 3. The average Bonchev–Trinajstić information content (AvgIpc) is 2.39. The van der Waals surface area contributed by atoms with Gasteiger partial charge in [-0.3, -0.25) is 0 Å². The van der Waals surface area contributed by atoms with Crippen LogP contribution in [0.4, 0.5) is 13.2 Å². The van der Waals surface area contributed by atoms with E-state index < -0.39 is 21.9 Å². The molecule has 0 bridgehead atoms. The third-order valence-electron chi connectivity index (χ3n) is 2.42. The third kappa shape index (κ3) is 3.30. The zero-order chi connectivity index (χ0) is 14.8. The molecule has 2 rings (SSSR count). The molecule has 2 aromatic rings. The predicted molar refractivity (Wildman–Crippen MR) is 65.7 cm³/mol. The van der Waals surface area contributed by atoms with E-state index in [9.17, 15) is 21.6 Å². The summed E-state index contributed by atoms with van der Waals surface area (Å²) in [6.07, 6.45) is -4.48. The molecule has 0 spiro atoms. The van der Waals surface area contributed by atoms with Crippen molar-refractivity contribution in [2.45, 2.75) is 11.1 Å². The molecule has 0 heterocycles. The topological polar surface area (TPSA) is 43.4 Å². The maximum absolute atomic E-state index is 12.4. The summed E-state index contributed by atoms with van der Waals surface area (Å²) in [7, 11) is -4.04. The highest BCUT2D eigenvalue weighted by Gasteiger charge is 2.30. The predicted octanol–water partition coefficient (Wildman–Crippen LogP) is 3.47. The van der Waals surface area contributed by atoms with Crippen LogP contribution in [0, 0.1) is 0 Å². The van der Waals surface area contributed by atoms with Crippen LogP contribution < -0.4 is 4.18 Å². The fourth-order valence-corrected chi connectivity index (χ4v) is 2.41. The second kappa shape index (κ2) is 5.16. The largest absolute Gasteiger partial charge is 0.416 e. The number of hydrogen-bond acceptors (Lipinski definition) is 3. The van der Waals surface area contributed by atoms with Gasteiger partial charge < -0.3 is 4.18 Å². The smallest absolute Gasteiger partial charge is 0.379 e. The van der Waals surface area contributed by atoms with Gasteiger partial charge in [0.25, 0.3) is 0 Å². The first-order chi connectivity index (χ1) is 9.29. The van der Waals surface area contributed by atoms with Gasteiger partial charge in [0.1, 0.15) is 10.6 Å². The molecule has 0 radical (unpaired) electrons. The van der Waals surface area contributed by atoms with Crippen molar-refractivity contribution in [1.82, 2.24) is 0 Å². The summed E-state index contributed by atoms with van der Waals surface area (Å²) in [5.41, 5.74) is -0.873. The number of alkyl halides is 3. The van der Waals surface area contributed by atoms with Crippen LogP contribution in [0.15, 0.2) is 59.5 Å². The lowest BCUT2D eigenvalue weighted by Crippen LogP contribution is -2.10. The van der Waals surface area contributed by atoms with Gasteiger partial charge in [0, 0.05) is 0 Å². The van der Waals surface area contributed by atoms with Gasteiger partial charge in [0.15, 0.2) is 0 Å². The Labute approximate surface area is 113 Å². The van der Waals surface area contributed by atoms with Crippen LogP contribution in [-0.4, -0.2) is 8.42 Å². The van der Waals surface area contributed by atoms with Crippen molar-refractivity contribution in [3.05, 3.63) is 60.2 Å². The zero-order valence-corrected chi connectivity index (χ0v) is 10.8. The van der Waals surface area contributed by atoms with Gasteiger partial charge in [-0.1, -0.05) is 18.2 Å². The highest BCUT2D eigenvalue weighted by atomic mass is 32.2. The minimum Gasteiger partial charge on any atom is -0.379 e. The highest BCUT2D eigenvalue weighted by Crippen LogP contribution is 2.30. The Hall–Kier alpha value is -2.02. The van der Waals surface area contributed by atoms with Gasteiger partial charge in [-0.15, -0.1) is 0 Å². The van der Waals surface area contributed by atoms with Crippen LogP contribution >= 0.6 is 0 Å². The molecule has 2 aromatic carbocycles. The minimum atomic E-state index is -4.48. The van der Waals surface area contributed by atoms with Crippen molar-refractivity contribution >= 4 is 10.1 Å². The molecule has 0 saturated heterocycles. The van der Waals surface area contributed by atoms with Gasteiger partial charge in [-0.25, -0.2) is 0 Å². The molecule has 106 valence electrons. The van der Waals surface area contributed by atoms with Gasteiger partial charge >= 0.3 is 16.3 Å². The van der Waals surface area contributed by atoms with Gasteiger partial charge in [0.05, 0.1) is 5.56 Å². The Bertz CT molecular complexity index is 677. The summed E-state index contributed by atoms with van der Waals surface area (Å²) in [4.78, 5) is -0.0695. The minimum absolute atomic E-state index is 0.0695. The molecular weight excluding hydrogens is 293 g/mol. The van der Waals surface area contributed by atoms with Crippen LogP contribution in [0.1, 0.15) is 5.56 Å². The SMILES string of the molecule is O=S(=O)(Oc1ccc(C(F)(F)F)cc1)c1ccccc1. The Kier molecular flexibility index (Phi) is 3.71. The third-order valence-corrected chi connectivity index (χ3v) is 3.68. The molecule has 0 aliphatic heterocycles. The van der Waals surface area contributed by atoms with Crippen molar-refractivity contribution < 1.29 is 25.8 Å². The quantitative estimate of drug-likeness (QED) is 0.815. The molecule has 0 aromatic heterocycles. The van der Waals surface area contributed by atoms with Crippen LogP contribution in [0.3, 0.4) is 0 Å². The first-order valence-corrected chi connectivity index (χ1v) is 6.87. The first kappa shape index (κ1) is 14.4. The van der Waals surface area contributed by atoms with Crippen molar-refractivity contribution in [2.75, 3.05) is 0 Å². The molecule has 0 amide bonds. The van der Waals surface area contributed by atoms with Gasteiger partial charge in [0.2, 0.25) is 0 Å². The maximum Gasteiger partial charge on any atom is 0.416 e. The van der Waals surface area contributed by atoms with E-state index >= 15 is 0 Å². The highest BCUT2D eigenvalue weighted by molar-refractivity contribution is 7.87. The van der Waals surface area contributed by atoms with Gasteiger partial charge in [-0.2, -0.15) is 21.6 Å². The van der Waals surface area contributed by atoms with E-state index in [2.05, 4.69) is 0 Å². The molecular formula is C13H9F3O3S. The molecule has 0 aliphatic carbocycles. The zero-order valence-electron chi connectivity index (χ0n) is 9.96. The van der Waals surface area contributed by atoms with E-state index in [0.29, 0.717) is 0 Å². The molecule has 0 atom stereocenters. The normalized spacial score (nSPS) is 12.2. The molecule has 0 aliphatic rings. The van der Waals surface area contributed by atoms with Crippen LogP contribution in [0.25, 0.3) is 0 Å². The lowest BCUT2D eigenvalue weighted by molar-refractivity contribution is -0.137.